The Bertz CT molecular complexity index is 2030. The number of aromatic nitrogens is 2. The molecule has 6 rings (SSSR count). The molecule has 6 bridgehead atoms. The van der Waals surface area contributed by atoms with E-state index in [0.717, 1.165) is 83.7 Å². The summed E-state index contributed by atoms with van der Waals surface area (Å²) >= 11 is 0.463. The fraction of sp³-hybridized carbons (Fsp3) is 0.235. The van der Waals surface area contributed by atoms with Crippen molar-refractivity contribution in [1.29, 1.82) is 0 Å². The molecule has 2 aromatic rings. The van der Waals surface area contributed by atoms with Crippen LogP contribution in [0.25, 0.3) is 30.4 Å². The van der Waals surface area contributed by atoms with Gasteiger partial charge in [0.25, 0.3) is 0 Å². The first-order valence-corrected chi connectivity index (χ1v) is 15.1. The van der Waals surface area contributed by atoms with Crippen LogP contribution in [0.2, 0.25) is 0 Å². The van der Waals surface area contributed by atoms with Gasteiger partial charge in [-0.25, -0.2) is 0 Å². The molecule has 44 heavy (non-hydrogen) atoms. The number of aliphatic imine (C=N–C) groups is 2. The van der Waals surface area contributed by atoms with E-state index < -0.39 is 11.9 Å². The Balaban J connectivity index is 0.00000384. The number of nitrogens with zero attached hydrogens (tertiary/aromatic N) is 4. The molecule has 0 saturated carbocycles. The molecule has 0 spiro atoms. The fourth-order valence-corrected chi connectivity index (χ4v) is 7.77. The maximum atomic E-state index is 11.8. The molecule has 0 atom stereocenters. The Labute approximate surface area is 272 Å². The van der Waals surface area contributed by atoms with E-state index >= 15 is 0 Å². The van der Waals surface area contributed by atoms with Crippen molar-refractivity contribution in [2.45, 2.75) is 53.4 Å². The zero-order valence-corrected chi connectivity index (χ0v) is 27.1. The molecule has 0 amide bonds. The van der Waals surface area contributed by atoms with E-state index in [9.17, 15) is 19.8 Å². The molecule has 2 aromatic heterocycles. The third kappa shape index (κ3) is 5.02. The van der Waals surface area contributed by atoms with E-state index in [2.05, 4.69) is 45.5 Å². The second-order valence-electron chi connectivity index (χ2n) is 11.0. The number of carbonyl (C=O) groups is 2. The molecule has 0 fully saturated rings. The molecule has 8 nitrogen and oxygen atoms in total. The van der Waals surface area contributed by atoms with Gasteiger partial charge in [-0.1, -0.05) is 0 Å². The Hall–Kier alpha value is -3.94. The van der Waals surface area contributed by atoms with Gasteiger partial charge in [0.2, 0.25) is 0 Å². The third-order valence-corrected chi connectivity index (χ3v) is 10.1. The molecule has 0 aromatic carbocycles. The zero-order chi connectivity index (χ0) is 30.7. The summed E-state index contributed by atoms with van der Waals surface area (Å²) in [5, 5.41) is 21.0. The molecular formula is C34H32Fe2N4O4. The summed E-state index contributed by atoms with van der Waals surface area (Å²) < 4.78 is 4.47. The first-order chi connectivity index (χ1) is 20.5. The summed E-state index contributed by atoms with van der Waals surface area (Å²) in [5.74, 6) is -1.74. The van der Waals surface area contributed by atoms with Crippen molar-refractivity contribution < 1.29 is 52.3 Å². The zero-order valence-electron chi connectivity index (χ0n) is 24.9. The minimum absolute atomic E-state index is 0. The standard InChI is InChI=1S/C34H34N4O4.2Fe/c1-7-21-17(3)25-13-26-19(5)23(9-11-33(39)40)31(37-26)16-32-24(10-12-34(41)42)20(6)28(38-32)15-30-22(8-2)18(4)27(36-30)14-29(21)35-25;;/h7-8,13-16H,1-2,9-12H2,3-6H3,(H4,35,36,37,38,39,40,41,42);;/q;;+2/p-2/b25-13?,26-13-,27-14?,28-15-,29-14-,30-15?,31-16-,32-16?;;. The maximum absolute atomic E-state index is 11.8. The Kier molecular flexibility index (Phi) is 8.49. The molecular weight excluding hydrogens is 640 g/mol. The summed E-state index contributed by atoms with van der Waals surface area (Å²) in [5.41, 5.74) is 12.9. The fourth-order valence-electron chi connectivity index (χ4n) is 6.14. The van der Waals surface area contributed by atoms with Gasteiger partial charge in [-0.05, 0) is 0 Å². The van der Waals surface area contributed by atoms with Crippen LogP contribution in [0.4, 0.5) is 0 Å². The molecule has 0 radical (unpaired) electrons. The Morgan fingerprint density at radius 2 is 1.43 bits per heavy atom. The van der Waals surface area contributed by atoms with Gasteiger partial charge >= 0.3 is 257 Å². The van der Waals surface area contributed by atoms with Crippen LogP contribution in [0.1, 0.15) is 66.8 Å². The number of rotatable bonds is 8. The summed E-state index contributed by atoms with van der Waals surface area (Å²) in [6.45, 7) is 16.4. The smallest absolute Gasteiger partial charge is 0 e. The van der Waals surface area contributed by atoms with Crippen LogP contribution in [0.5, 0.6) is 0 Å². The van der Waals surface area contributed by atoms with Gasteiger partial charge in [0.15, 0.2) is 0 Å². The second kappa shape index (κ2) is 11.9. The predicted molar refractivity (Wildman–Crippen MR) is 167 cm³/mol. The van der Waals surface area contributed by atoms with Gasteiger partial charge in [0.05, 0.1) is 0 Å². The number of aliphatic carboxylic acids is 2. The van der Waals surface area contributed by atoms with Gasteiger partial charge < -0.3 is 0 Å². The van der Waals surface area contributed by atoms with Crippen molar-refractivity contribution in [2.24, 2.45) is 9.98 Å². The first-order valence-electron chi connectivity index (χ1n) is 14.1. The van der Waals surface area contributed by atoms with Crippen molar-refractivity contribution in [1.82, 2.24) is 7.17 Å². The third-order valence-electron chi connectivity index (χ3n) is 8.55. The first kappa shape index (κ1) is 31.5. The van der Waals surface area contributed by atoms with Crippen LogP contribution in [0.3, 0.4) is 0 Å². The summed E-state index contributed by atoms with van der Waals surface area (Å²) in [6.07, 6.45) is 12.7. The van der Waals surface area contributed by atoms with E-state index in [0.29, 0.717) is 33.9 Å². The number of carboxylic acids is 2. The van der Waals surface area contributed by atoms with E-state index in [4.69, 9.17) is 9.98 Å². The van der Waals surface area contributed by atoms with Crippen LogP contribution < -0.4 is 10.7 Å². The van der Waals surface area contributed by atoms with E-state index in [-0.39, 0.29) is 29.9 Å². The molecule has 10 heteroatoms. The Morgan fingerprint density at radius 3 is 2.09 bits per heavy atom. The van der Waals surface area contributed by atoms with Crippen molar-refractivity contribution in [3.63, 3.8) is 0 Å². The normalized spacial score (nSPS) is 20.3. The monoisotopic (exact) mass is 672 g/mol. The van der Waals surface area contributed by atoms with Crippen LogP contribution in [0.15, 0.2) is 62.9 Å². The van der Waals surface area contributed by atoms with Gasteiger partial charge in [0, 0.05) is 17.1 Å². The molecule has 0 saturated heterocycles. The number of carboxylic acid groups (broad SMARTS) is 2. The minimum atomic E-state index is -0.868. The van der Waals surface area contributed by atoms with Gasteiger partial charge in [0.1, 0.15) is 0 Å². The average molecular weight is 672 g/mol. The van der Waals surface area contributed by atoms with Crippen LogP contribution >= 0.6 is 0 Å². The van der Waals surface area contributed by atoms with Crippen LogP contribution in [-0.2, 0) is 48.5 Å². The molecule has 0 unspecified atom stereocenters. The maximum Gasteiger partial charge on any atom is 0 e. The summed E-state index contributed by atoms with van der Waals surface area (Å²) in [6, 6.07) is 0. The van der Waals surface area contributed by atoms with Crippen molar-refractivity contribution in [3.8, 4) is 0 Å². The van der Waals surface area contributed by atoms with Gasteiger partial charge in [-0.3, -0.25) is 0 Å². The van der Waals surface area contributed by atoms with Crippen molar-refractivity contribution >= 4 is 53.7 Å². The van der Waals surface area contributed by atoms with Gasteiger partial charge in [-0.2, -0.15) is 0 Å². The molecule has 4 aliphatic rings. The van der Waals surface area contributed by atoms with Crippen LogP contribution in [0, 0.1) is 13.8 Å². The molecule has 228 valence electrons. The quantitative estimate of drug-likeness (QED) is 0.396. The van der Waals surface area contributed by atoms with E-state index in [1.54, 1.807) is 0 Å². The van der Waals surface area contributed by atoms with Crippen molar-refractivity contribution in [2.75, 3.05) is 0 Å². The Morgan fingerprint density at radius 1 is 0.795 bits per heavy atom. The number of allylic oxidation sites excluding steroid dienone is 4. The van der Waals surface area contributed by atoms with E-state index in [1.165, 1.54) is 0 Å². The predicted octanol–water partition coefficient (Wildman–Crippen LogP) is 4.74. The summed E-state index contributed by atoms with van der Waals surface area (Å²) in [7, 11) is 0. The van der Waals surface area contributed by atoms with Gasteiger partial charge in [-0.15, -0.1) is 0 Å². The second-order valence-corrected chi connectivity index (χ2v) is 12.2. The number of hydrogen-bond donors (Lipinski definition) is 2. The number of hydrogen-bond acceptors (Lipinski definition) is 4. The molecule has 0 aliphatic carbocycles. The summed E-state index contributed by atoms with van der Waals surface area (Å²) in [4.78, 5) is 33.4. The topological polar surface area (TPSA) is 109 Å². The average Bonchev–Trinajstić information content (AvgIpc) is 3.58. The molecule has 2 N–H and O–H groups in total. The van der Waals surface area contributed by atoms with E-state index in [1.807, 2.05) is 39.0 Å². The van der Waals surface area contributed by atoms with Crippen molar-refractivity contribution in [3.05, 3.63) is 97.3 Å². The number of fused-ring (bicyclic) bond motifs is 2. The van der Waals surface area contributed by atoms with Crippen LogP contribution in [-0.4, -0.2) is 40.7 Å². The minimum Gasteiger partial charge on any atom is 0 e. The SMILES string of the molecule is C=CC1=C(C)C2=NC/1=C\c1c(C)c(C=C)c3[n]1[Fe][n]1/c(c(C)c(CCC(=O)O)/c1=C/C1=NC(=C\3)/C(C)=C1CCC(=O)O)=C\2.[Fe]. The molecule has 4 aliphatic heterocycles. The molecule has 6 heterocycles. The largest absolute Gasteiger partial charge is 0 e.